The first-order valence-corrected chi connectivity index (χ1v) is 5.76. The van der Waals surface area contributed by atoms with Crippen molar-refractivity contribution in [2.24, 2.45) is 5.73 Å². The van der Waals surface area contributed by atoms with Crippen LogP contribution in [0.4, 0.5) is 0 Å². The zero-order valence-corrected chi connectivity index (χ0v) is 9.71. The zero-order valence-electron chi connectivity index (χ0n) is 8.90. The van der Waals surface area contributed by atoms with Crippen LogP contribution in [0.5, 0.6) is 0 Å². The number of nitrogens with zero attached hydrogens (tertiary/aromatic N) is 1. The van der Waals surface area contributed by atoms with Gasteiger partial charge in [0.25, 0.3) is 5.91 Å². The number of hydrogen-bond acceptors (Lipinski definition) is 4. The van der Waals surface area contributed by atoms with Crippen molar-refractivity contribution in [1.29, 1.82) is 0 Å². The number of hydrogen-bond donors (Lipinski definition) is 1. The van der Waals surface area contributed by atoms with E-state index in [1.165, 1.54) is 11.5 Å². The van der Waals surface area contributed by atoms with Gasteiger partial charge in [-0.1, -0.05) is 12.1 Å². The molecule has 1 aromatic heterocycles. The predicted octanol–water partition coefficient (Wildman–Crippen LogP) is 1.93. The highest BCUT2D eigenvalue weighted by molar-refractivity contribution is 7.13. The summed E-state index contributed by atoms with van der Waals surface area (Å²) in [6, 6.07) is 5.79. The van der Waals surface area contributed by atoms with Gasteiger partial charge in [-0.2, -0.15) is 4.37 Å². The lowest BCUT2D eigenvalue weighted by molar-refractivity contribution is 0.0998. The minimum atomic E-state index is -0.491. The van der Waals surface area contributed by atoms with E-state index in [2.05, 4.69) is 4.37 Å². The molecule has 0 saturated heterocycles. The summed E-state index contributed by atoms with van der Waals surface area (Å²) < 4.78 is 10.4. The first kappa shape index (κ1) is 11.0. The number of nitrogens with two attached hydrogens (primary N) is 1. The third-order valence-corrected chi connectivity index (χ3v) is 3.09. The number of ether oxygens (including phenoxy) is 1. The molecule has 1 heterocycles. The molecule has 1 aromatic carbocycles. The molecule has 84 valence electrons. The molecule has 2 N–H and O–H groups in total. The van der Waals surface area contributed by atoms with Crippen molar-refractivity contribution in [2.45, 2.75) is 13.5 Å². The molecule has 5 heteroatoms. The molecule has 0 aliphatic heterocycles. The Morgan fingerprint density at radius 2 is 2.38 bits per heavy atom. The number of rotatable bonds is 4. The molecule has 0 bridgehead atoms. The normalized spacial score (nSPS) is 10.8. The van der Waals surface area contributed by atoms with Crippen molar-refractivity contribution in [2.75, 3.05) is 6.61 Å². The van der Waals surface area contributed by atoms with Crippen molar-refractivity contribution in [3.05, 3.63) is 29.5 Å². The van der Waals surface area contributed by atoms with Gasteiger partial charge in [-0.15, -0.1) is 0 Å². The third-order valence-electron chi connectivity index (χ3n) is 2.28. The SMILES string of the molecule is CCOCc1cccc2snc(C(N)=O)c12. The number of carbonyl (C=O) groups excluding carboxylic acids is 1. The van der Waals surface area contributed by atoms with E-state index in [1.54, 1.807) is 0 Å². The Hall–Kier alpha value is -1.46. The van der Waals surface area contributed by atoms with E-state index >= 15 is 0 Å². The van der Waals surface area contributed by atoms with Crippen LogP contribution in [0.1, 0.15) is 23.0 Å². The highest BCUT2D eigenvalue weighted by Gasteiger charge is 2.14. The fourth-order valence-corrected chi connectivity index (χ4v) is 2.39. The summed E-state index contributed by atoms with van der Waals surface area (Å²) in [6.07, 6.45) is 0. The Labute approximate surface area is 97.2 Å². The Balaban J connectivity index is 2.54. The first-order chi connectivity index (χ1) is 7.74. The number of carbonyl (C=O) groups is 1. The molecule has 0 saturated carbocycles. The average molecular weight is 236 g/mol. The molecule has 0 unspecified atom stereocenters. The van der Waals surface area contributed by atoms with Gasteiger partial charge in [-0.05, 0) is 30.1 Å². The Bertz CT molecular complexity index is 522. The van der Waals surface area contributed by atoms with E-state index in [9.17, 15) is 4.79 Å². The molecule has 16 heavy (non-hydrogen) atoms. The molecule has 0 spiro atoms. The lowest BCUT2D eigenvalue weighted by atomic mass is 10.1. The van der Waals surface area contributed by atoms with E-state index in [1.807, 2.05) is 25.1 Å². The van der Waals surface area contributed by atoms with Gasteiger partial charge in [-0.3, -0.25) is 4.79 Å². The van der Waals surface area contributed by atoms with Gasteiger partial charge in [-0.25, -0.2) is 0 Å². The smallest absolute Gasteiger partial charge is 0.269 e. The Morgan fingerprint density at radius 1 is 1.56 bits per heavy atom. The van der Waals surface area contributed by atoms with Gasteiger partial charge >= 0.3 is 0 Å². The van der Waals surface area contributed by atoms with Gasteiger partial charge in [0.2, 0.25) is 0 Å². The minimum absolute atomic E-state index is 0.343. The zero-order chi connectivity index (χ0) is 11.5. The van der Waals surface area contributed by atoms with Crippen LogP contribution in [0, 0.1) is 0 Å². The van der Waals surface area contributed by atoms with E-state index in [4.69, 9.17) is 10.5 Å². The van der Waals surface area contributed by atoms with E-state index in [0.29, 0.717) is 18.9 Å². The molecule has 4 nitrogen and oxygen atoms in total. The standard InChI is InChI=1S/C11H12N2O2S/c1-2-15-6-7-4-3-5-8-9(7)10(11(12)14)13-16-8/h3-5H,2,6H2,1H3,(H2,12,14). The van der Waals surface area contributed by atoms with Crippen molar-refractivity contribution < 1.29 is 9.53 Å². The number of primary amides is 1. The lowest BCUT2D eigenvalue weighted by Gasteiger charge is -2.03. The van der Waals surface area contributed by atoms with Crippen LogP contribution in [0.3, 0.4) is 0 Å². The quantitative estimate of drug-likeness (QED) is 0.882. The fourth-order valence-electron chi connectivity index (χ4n) is 1.56. The summed E-state index contributed by atoms with van der Waals surface area (Å²) >= 11 is 1.28. The van der Waals surface area contributed by atoms with E-state index in [0.717, 1.165) is 15.6 Å². The molecular weight excluding hydrogens is 224 g/mol. The molecule has 1 amide bonds. The second-order valence-corrected chi connectivity index (χ2v) is 4.13. The maximum atomic E-state index is 11.2. The van der Waals surface area contributed by atoms with Gasteiger partial charge in [0.05, 0.1) is 11.3 Å². The summed E-state index contributed by atoms with van der Waals surface area (Å²) in [4.78, 5) is 11.2. The van der Waals surface area contributed by atoms with E-state index in [-0.39, 0.29) is 0 Å². The number of amides is 1. The summed E-state index contributed by atoms with van der Waals surface area (Å²) in [5.41, 5.74) is 6.59. The van der Waals surface area contributed by atoms with Crippen LogP contribution in [0.2, 0.25) is 0 Å². The highest BCUT2D eigenvalue weighted by Crippen LogP contribution is 2.26. The largest absolute Gasteiger partial charge is 0.377 e. The van der Waals surface area contributed by atoms with Crippen molar-refractivity contribution in [3.8, 4) is 0 Å². The van der Waals surface area contributed by atoms with Crippen molar-refractivity contribution in [1.82, 2.24) is 4.37 Å². The van der Waals surface area contributed by atoms with Crippen LogP contribution in [0.25, 0.3) is 10.1 Å². The highest BCUT2D eigenvalue weighted by atomic mass is 32.1. The number of benzene rings is 1. The second kappa shape index (κ2) is 4.59. The fraction of sp³-hybridized carbons (Fsp3) is 0.273. The van der Waals surface area contributed by atoms with E-state index < -0.39 is 5.91 Å². The Morgan fingerprint density at radius 3 is 3.06 bits per heavy atom. The summed E-state index contributed by atoms with van der Waals surface area (Å²) in [7, 11) is 0. The first-order valence-electron chi connectivity index (χ1n) is 4.99. The van der Waals surface area contributed by atoms with Crippen LogP contribution < -0.4 is 5.73 Å². The van der Waals surface area contributed by atoms with Crippen LogP contribution >= 0.6 is 11.5 Å². The van der Waals surface area contributed by atoms with Crippen molar-refractivity contribution in [3.63, 3.8) is 0 Å². The Kier molecular flexibility index (Phi) is 3.17. The summed E-state index contributed by atoms with van der Waals surface area (Å²) in [6.45, 7) is 3.05. The van der Waals surface area contributed by atoms with Gasteiger partial charge in [0.1, 0.15) is 5.69 Å². The molecule has 0 fully saturated rings. The summed E-state index contributed by atoms with van der Waals surface area (Å²) in [5, 5.41) is 0.827. The van der Waals surface area contributed by atoms with Gasteiger partial charge < -0.3 is 10.5 Å². The maximum Gasteiger partial charge on any atom is 0.269 e. The molecule has 0 aliphatic carbocycles. The molecule has 2 rings (SSSR count). The van der Waals surface area contributed by atoms with Crippen molar-refractivity contribution >= 4 is 27.5 Å². The van der Waals surface area contributed by atoms with Gasteiger partial charge in [0, 0.05) is 12.0 Å². The number of aromatic nitrogens is 1. The molecule has 0 atom stereocenters. The second-order valence-electron chi connectivity index (χ2n) is 3.32. The molecule has 2 aromatic rings. The van der Waals surface area contributed by atoms with Crippen LogP contribution in [-0.2, 0) is 11.3 Å². The monoisotopic (exact) mass is 236 g/mol. The average Bonchev–Trinajstić information content (AvgIpc) is 2.70. The third kappa shape index (κ3) is 1.91. The lowest BCUT2D eigenvalue weighted by Crippen LogP contribution is -2.12. The van der Waals surface area contributed by atoms with Gasteiger partial charge in [0.15, 0.2) is 0 Å². The molecular formula is C11H12N2O2S. The molecule has 0 aliphatic rings. The maximum absolute atomic E-state index is 11.2. The van der Waals surface area contributed by atoms with Crippen LogP contribution in [0.15, 0.2) is 18.2 Å². The molecule has 0 radical (unpaired) electrons. The number of fused-ring (bicyclic) bond motifs is 1. The topological polar surface area (TPSA) is 65.2 Å². The summed E-state index contributed by atoms with van der Waals surface area (Å²) in [5.74, 6) is -0.491. The minimum Gasteiger partial charge on any atom is -0.377 e. The predicted molar refractivity (Wildman–Crippen MR) is 63.5 cm³/mol. The van der Waals surface area contributed by atoms with Crippen LogP contribution in [-0.4, -0.2) is 16.9 Å².